The number of halogens is 1. The van der Waals surface area contributed by atoms with Gasteiger partial charge in [0.1, 0.15) is 5.75 Å². The summed E-state index contributed by atoms with van der Waals surface area (Å²) in [5.41, 5.74) is 2.17. The summed E-state index contributed by atoms with van der Waals surface area (Å²) in [5.74, 6) is 0.807. The summed E-state index contributed by atoms with van der Waals surface area (Å²) in [6.45, 7) is 2.77. The van der Waals surface area contributed by atoms with Gasteiger partial charge in [0, 0.05) is 35.6 Å². The molecule has 1 atom stereocenters. The first kappa shape index (κ1) is 13.8. The molecule has 0 saturated carbocycles. The van der Waals surface area contributed by atoms with Crippen LogP contribution in [0.3, 0.4) is 0 Å². The van der Waals surface area contributed by atoms with Gasteiger partial charge in [-0.1, -0.05) is 17.7 Å². The number of benzene rings is 1. The molecule has 0 spiro atoms. The van der Waals surface area contributed by atoms with Crippen LogP contribution in [0.1, 0.15) is 24.1 Å². The van der Waals surface area contributed by atoms with E-state index in [4.69, 9.17) is 16.3 Å². The standard InChI is InChI=1S/C15H17ClN2O/c1-11(12-6-8-17-9-7-12)18-10-13-14(16)4-3-5-15(13)19-2/h3-9,11,18H,10H2,1-2H3/t11-/m0/s1. The van der Waals surface area contributed by atoms with E-state index in [9.17, 15) is 0 Å². The molecule has 1 aromatic heterocycles. The fourth-order valence-electron chi connectivity index (χ4n) is 1.93. The van der Waals surface area contributed by atoms with Crippen molar-refractivity contribution >= 4 is 11.6 Å². The van der Waals surface area contributed by atoms with Crippen LogP contribution in [-0.4, -0.2) is 12.1 Å². The minimum atomic E-state index is 0.226. The van der Waals surface area contributed by atoms with Gasteiger partial charge < -0.3 is 10.1 Å². The summed E-state index contributed by atoms with van der Waals surface area (Å²) in [5, 5.41) is 4.15. The summed E-state index contributed by atoms with van der Waals surface area (Å²) in [6, 6.07) is 9.90. The highest BCUT2D eigenvalue weighted by atomic mass is 35.5. The van der Waals surface area contributed by atoms with Crippen molar-refractivity contribution in [2.75, 3.05) is 7.11 Å². The van der Waals surface area contributed by atoms with Gasteiger partial charge in [-0.3, -0.25) is 4.98 Å². The fraction of sp³-hybridized carbons (Fsp3) is 0.267. The molecule has 2 aromatic rings. The van der Waals surface area contributed by atoms with Gasteiger partial charge in [0.25, 0.3) is 0 Å². The lowest BCUT2D eigenvalue weighted by atomic mass is 10.1. The Kier molecular flexibility index (Phi) is 4.77. The van der Waals surface area contributed by atoms with Crippen molar-refractivity contribution in [1.29, 1.82) is 0 Å². The molecule has 19 heavy (non-hydrogen) atoms. The number of nitrogens with zero attached hydrogens (tertiary/aromatic N) is 1. The Labute approximate surface area is 118 Å². The zero-order valence-electron chi connectivity index (χ0n) is 11.1. The maximum absolute atomic E-state index is 6.21. The third-order valence-corrected chi connectivity index (χ3v) is 3.44. The molecule has 0 unspecified atom stereocenters. The monoisotopic (exact) mass is 276 g/mol. The quantitative estimate of drug-likeness (QED) is 0.906. The summed E-state index contributed by atoms with van der Waals surface area (Å²) < 4.78 is 5.33. The van der Waals surface area contributed by atoms with Gasteiger partial charge in [-0.05, 0) is 36.8 Å². The Bertz CT molecular complexity index is 531. The first-order chi connectivity index (χ1) is 9.22. The Morgan fingerprint density at radius 2 is 2.00 bits per heavy atom. The minimum absolute atomic E-state index is 0.226. The van der Waals surface area contributed by atoms with Crippen LogP contribution in [0.5, 0.6) is 5.75 Å². The minimum Gasteiger partial charge on any atom is -0.496 e. The smallest absolute Gasteiger partial charge is 0.124 e. The van der Waals surface area contributed by atoms with Crippen molar-refractivity contribution < 1.29 is 4.74 Å². The van der Waals surface area contributed by atoms with Crippen molar-refractivity contribution in [3.63, 3.8) is 0 Å². The largest absolute Gasteiger partial charge is 0.496 e. The first-order valence-corrected chi connectivity index (χ1v) is 6.55. The van der Waals surface area contributed by atoms with E-state index in [1.165, 1.54) is 5.56 Å². The summed E-state index contributed by atoms with van der Waals surface area (Å²) >= 11 is 6.21. The third-order valence-electron chi connectivity index (χ3n) is 3.09. The molecule has 0 aliphatic carbocycles. The molecule has 0 bridgehead atoms. The van der Waals surface area contributed by atoms with Gasteiger partial charge in [-0.15, -0.1) is 0 Å². The molecule has 100 valence electrons. The Balaban J connectivity index is 2.07. The van der Waals surface area contributed by atoms with Crippen LogP contribution in [0.15, 0.2) is 42.7 Å². The molecular formula is C15H17ClN2O. The van der Waals surface area contributed by atoms with E-state index in [0.717, 1.165) is 11.3 Å². The second-order valence-electron chi connectivity index (χ2n) is 4.30. The highest BCUT2D eigenvalue weighted by molar-refractivity contribution is 6.31. The molecule has 4 heteroatoms. The number of methoxy groups -OCH3 is 1. The van der Waals surface area contributed by atoms with E-state index in [-0.39, 0.29) is 6.04 Å². The van der Waals surface area contributed by atoms with Gasteiger partial charge in [-0.25, -0.2) is 0 Å². The van der Waals surface area contributed by atoms with Crippen molar-refractivity contribution in [3.05, 3.63) is 58.9 Å². The SMILES string of the molecule is COc1cccc(Cl)c1CN[C@@H](C)c1ccncc1. The predicted octanol–water partition coefficient (Wildman–Crippen LogP) is 3.59. The van der Waals surface area contributed by atoms with Crippen molar-refractivity contribution in [3.8, 4) is 5.75 Å². The summed E-state index contributed by atoms with van der Waals surface area (Å²) in [4.78, 5) is 4.02. The molecular weight excluding hydrogens is 260 g/mol. The molecule has 0 aliphatic heterocycles. The second-order valence-corrected chi connectivity index (χ2v) is 4.71. The lowest BCUT2D eigenvalue weighted by Crippen LogP contribution is -2.18. The molecule has 0 saturated heterocycles. The van der Waals surface area contributed by atoms with Crippen molar-refractivity contribution in [2.24, 2.45) is 0 Å². The van der Waals surface area contributed by atoms with Gasteiger partial charge in [-0.2, -0.15) is 0 Å². The van der Waals surface area contributed by atoms with Crippen molar-refractivity contribution in [2.45, 2.75) is 19.5 Å². The number of pyridine rings is 1. The normalized spacial score (nSPS) is 12.2. The van der Waals surface area contributed by atoms with Crippen LogP contribution in [0.25, 0.3) is 0 Å². The zero-order chi connectivity index (χ0) is 13.7. The van der Waals surface area contributed by atoms with Gasteiger partial charge in [0.15, 0.2) is 0 Å². The van der Waals surface area contributed by atoms with E-state index in [0.29, 0.717) is 11.6 Å². The molecule has 0 radical (unpaired) electrons. The van der Waals surface area contributed by atoms with Crippen LogP contribution in [-0.2, 0) is 6.54 Å². The van der Waals surface area contributed by atoms with E-state index >= 15 is 0 Å². The van der Waals surface area contributed by atoms with E-state index in [1.807, 2.05) is 30.3 Å². The molecule has 1 aromatic carbocycles. The topological polar surface area (TPSA) is 34.1 Å². The number of ether oxygens (including phenoxy) is 1. The third kappa shape index (κ3) is 3.46. The van der Waals surface area contributed by atoms with Crippen LogP contribution in [0, 0.1) is 0 Å². The van der Waals surface area contributed by atoms with Crippen LogP contribution >= 0.6 is 11.6 Å². The van der Waals surface area contributed by atoms with Gasteiger partial charge in [0.05, 0.1) is 7.11 Å². The maximum atomic E-state index is 6.21. The number of hydrogen-bond acceptors (Lipinski definition) is 3. The van der Waals surface area contributed by atoms with Gasteiger partial charge >= 0.3 is 0 Å². The molecule has 2 rings (SSSR count). The average molecular weight is 277 g/mol. The molecule has 1 N–H and O–H groups in total. The lowest BCUT2D eigenvalue weighted by Gasteiger charge is -2.16. The average Bonchev–Trinajstić information content (AvgIpc) is 2.46. The highest BCUT2D eigenvalue weighted by Crippen LogP contribution is 2.26. The summed E-state index contributed by atoms with van der Waals surface area (Å²) in [7, 11) is 1.65. The lowest BCUT2D eigenvalue weighted by molar-refractivity contribution is 0.406. The summed E-state index contributed by atoms with van der Waals surface area (Å²) in [6.07, 6.45) is 3.59. The van der Waals surface area contributed by atoms with Crippen LogP contribution < -0.4 is 10.1 Å². The molecule has 0 fully saturated rings. The van der Waals surface area contributed by atoms with E-state index in [2.05, 4.69) is 17.2 Å². The number of hydrogen-bond donors (Lipinski definition) is 1. The predicted molar refractivity (Wildman–Crippen MR) is 77.5 cm³/mol. The number of rotatable bonds is 5. The van der Waals surface area contributed by atoms with Crippen molar-refractivity contribution in [1.82, 2.24) is 10.3 Å². The van der Waals surface area contributed by atoms with Crippen LogP contribution in [0.2, 0.25) is 5.02 Å². The number of nitrogens with one attached hydrogen (secondary N) is 1. The zero-order valence-corrected chi connectivity index (χ0v) is 11.8. The molecule has 0 aliphatic rings. The Morgan fingerprint density at radius 3 is 2.68 bits per heavy atom. The van der Waals surface area contributed by atoms with Gasteiger partial charge in [0.2, 0.25) is 0 Å². The fourth-order valence-corrected chi connectivity index (χ4v) is 2.16. The van der Waals surface area contributed by atoms with E-state index in [1.54, 1.807) is 19.5 Å². The molecule has 3 nitrogen and oxygen atoms in total. The van der Waals surface area contributed by atoms with Crippen LogP contribution in [0.4, 0.5) is 0 Å². The molecule has 1 heterocycles. The second kappa shape index (κ2) is 6.55. The first-order valence-electron chi connectivity index (χ1n) is 6.17. The number of aromatic nitrogens is 1. The Morgan fingerprint density at radius 1 is 1.26 bits per heavy atom. The molecule has 0 amide bonds. The Hall–Kier alpha value is -1.58. The maximum Gasteiger partial charge on any atom is 0.124 e. The highest BCUT2D eigenvalue weighted by Gasteiger charge is 2.10. The van der Waals surface area contributed by atoms with E-state index < -0.39 is 0 Å².